The lowest BCUT2D eigenvalue weighted by Crippen LogP contribution is -2.55. The van der Waals surface area contributed by atoms with Crippen LogP contribution in [0.15, 0.2) is 34.1 Å². The Bertz CT molecular complexity index is 1150. The summed E-state index contributed by atoms with van der Waals surface area (Å²) in [6.07, 6.45) is 4.03. The predicted molar refractivity (Wildman–Crippen MR) is 125 cm³/mol. The number of benzene rings is 1. The molecule has 0 radical (unpaired) electrons. The van der Waals surface area contributed by atoms with E-state index in [0.29, 0.717) is 19.4 Å². The molecule has 0 aromatic heterocycles. The van der Waals surface area contributed by atoms with Crippen LogP contribution >= 0.6 is 0 Å². The second kappa shape index (κ2) is 9.01. The standard InChI is InChI=1S/C23H33N3O5S2/c1-22(2)17(16-33(30,31)20-9-7-19(8-10-20)32(4,28)29)11-12-23(22,3)25-15-21(27)26-13-5-6-18(26)14-24/h7-10,17-18,25H,5-6,11-13,15-16H2,1-4H3/t17-,18+,23-/m1/s1. The van der Waals surface area contributed by atoms with Crippen LogP contribution in [0.5, 0.6) is 0 Å². The minimum atomic E-state index is -3.62. The topological polar surface area (TPSA) is 124 Å². The SMILES string of the molecule is CC1(C)[C@@H](CS(=O)(=O)c2ccc(S(C)(=O)=O)cc2)CC[C@@]1(C)NCC(=O)N1CCC[C@H]1C#N. The van der Waals surface area contributed by atoms with Crippen molar-refractivity contribution in [3.63, 3.8) is 0 Å². The third-order valence-corrected chi connectivity index (χ3v) is 10.8. The number of rotatable bonds is 7. The number of hydrogen-bond acceptors (Lipinski definition) is 7. The van der Waals surface area contributed by atoms with Gasteiger partial charge in [0.25, 0.3) is 0 Å². The molecule has 2 fully saturated rings. The Hall–Kier alpha value is -1.96. The average Bonchev–Trinajstić information content (AvgIpc) is 3.30. The Kier molecular flexibility index (Phi) is 7.00. The molecule has 1 aromatic carbocycles. The Labute approximate surface area is 197 Å². The van der Waals surface area contributed by atoms with E-state index in [-0.39, 0.29) is 40.0 Å². The van der Waals surface area contributed by atoms with Crippen molar-refractivity contribution in [2.24, 2.45) is 11.3 Å². The maximum atomic E-state index is 13.1. The van der Waals surface area contributed by atoms with Gasteiger partial charge in [0.05, 0.1) is 28.2 Å². The molecule has 8 nitrogen and oxygen atoms in total. The first-order valence-corrected chi connectivity index (χ1v) is 14.7. The molecule has 1 N–H and O–H groups in total. The Morgan fingerprint density at radius 1 is 1.12 bits per heavy atom. The number of nitrogens with zero attached hydrogens (tertiary/aromatic N) is 2. The largest absolute Gasteiger partial charge is 0.326 e. The number of hydrogen-bond donors (Lipinski definition) is 1. The Morgan fingerprint density at radius 3 is 2.30 bits per heavy atom. The van der Waals surface area contributed by atoms with Crippen LogP contribution in [0.1, 0.15) is 46.5 Å². The summed E-state index contributed by atoms with van der Waals surface area (Å²) < 4.78 is 49.5. The van der Waals surface area contributed by atoms with E-state index < -0.39 is 30.6 Å². The Morgan fingerprint density at radius 2 is 1.73 bits per heavy atom. The fraction of sp³-hybridized carbons (Fsp3) is 0.652. The molecule has 1 aliphatic heterocycles. The first kappa shape index (κ1) is 25.7. The summed E-state index contributed by atoms with van der Waals surface area (Å²) in [4.78, 5) is 14.5. The Balaban J connectivity index is 1.69. The van der Waals surface area contributed by atoms with Gasteiger partial charge < -0.3 is 10.2 Å². The van der Waals surface area contributed by atoms with Crippen LogP contribution in [-0.2, 0) is 24.5 Å². The van der Waals surface area contributed by atoms with Crippen LogP contribution in [0.4, 0.5) is 0 Å². The van der Waals surface area contributed by atoms with Gasteiger partial charge in [-0.1, -0.05) is 13.8 Å². The highest BCUT2D eigenvalue weighted by molar-refractivity contribution is 7.91. The summed E-state index contributed by atoms with van der Waals surface area (Å²) in [5.41, 5.74) is -0.850. The highest BCUT2D eigenvalue weighted by atomic mass is 32.2. The molecule has 10 heteroatoms. The molecule has 3 rings (SSSR count). The molecule has 2 aliphatic rings. The summed E-state index contributed by atoms with van der Waals surface area (Å²) in [7, 11) is -7.01. The minimum absolute atomic E-state index is 0.0495. The summed E-state index contributed by atoms with van der Waals surface area (Å²) in [6.45, 7) is 6.79. The fourth-order valence-electron chi connectivity index (χ4n) is 5.03. The van der Waals surface area contributed by atoms with Gasteiger partial charge in [-0.2, -0.15) is 5.26 Å². The number of carbonyl (C=O) groups is 1. The molecule has 1 aliphatic carbocycles. The molecule has 0 spiro atoms. The van der Waals surface area contributed by atoms with E-state index in [1.807, 2.05) is 20.8 Å². The minimum Gasteiger partial charge on any atom is -0.326 e. The van der Waals surface area contributed by atoms with E-state index in [1.54, 1.807) is 4.90 Å². The number of amides is 1. The number of sulfone groups is 2. The molecular weight excluding hydrogens is 462 g/mol. The van der Waals surface area contributed by atoms with E-state index in [4.69, 9.17) is 0 Å². The molecule has 1 amide bonds. The summed E-state index contributed by atoms with van der Waals surface area (Å²) in [5.74, 6) is -0.284. The maximum Gasteiger partial charge on any atom is 0.237 e. The van der Waals surface area contributed by atoms with Gasteiger partial charge in [0.2, 0.25) is 5.91 Å². The average molecular weight is 496 g/mol. The van der Waals surface area contributed by atoms with Gasteiger partial charge in [0, 0.05) is 18.3 Å². The zero-order valence-corrected chi connectivity index (χ0v) is 21.3. The van der Waals surface area contributed by atoms with Crippen LogP contribution < -0.4 is 5.32 Å². The maximum absolute atomic E-state index is 13.1. The number of nitrogens with one attached hydrogen (secondary N) is 1. The van der Waals surface area contributed by atoms with E-state index in [1.165, 1.54) is 24.3 Å². The van der Waals surface area contributed by atoms with Crippen molar-refractivity contribution in [1.29, 1.82) is 5.26 Å². The summed E-state index contributed by atoms with van der Waals surface area (Å²) in [6, 6.07) is 7.18. The molecular formula is C23H33N3O5S2. The van der Waals surface area contributed by atoms with Gasteiger partial charge in [-0.3, -0.25) is 4.79 Å². The second-order valence-corrected chi connectivity index (χ2v) is 14.1. The quantitative estimate of drug-likeness (QED) is 0.614. The molecule has 1 heterocycles. The normalized spacial score (nSPS) is 27.4. The zero-order chi connectivity index (χ0) is 24.7. The van der Waals surface area contributed by atoms with Crippen molar-refractivity contribution >= 4 is 25.6 Å². The smallest absolute Gasteiger partial charge is 0.237 e. The van der Waals surface area contributed by atoms with Gasteiger partial charge >= 0.3 is 0 Å². The number of carbonyl (C=O) groups excluding carboxylic acids is 1. The summed E-state index contributed by atoms with van der Waals surface area (Å²) in [5, 5.41) is 12.6. The van der Waals surface area contributed by atoms with Gasteiger partial charge in [0.15, 0.2) is 19.7 Å². The molecule has 0 bridgehead atoms. The molecule has 33 heavy (non-hydrogen) atoms. The van der Waals surface area contributed by atoms with E-state index in [0.717, 1.165) is 19.1 Å². The molecule has 182 valence electrons. The zero-order valence-electron chi connectivity index (χ0n) is 19.7. The molecule has 1 aromatic rings. The van der Waals surface area contributed by atoms with Crippen molar-refractivity contribution in [3.05, 3.63) is 24.3 Å². The van der Waals surface area contributed by atoms with E-state index >= 15 is 0 Å². The lowest BCUT2D eigenvalue weighted by atomic mass is 9.72. The second-order valence-electron chi connectivity index (χ2n) is 10.0. The van der Waals surface area contributed by atoms with Gasteiger partial charge in [-0.15, -0.1) is 0 Å². The van der Waals surface area contributed by atoms with Crippen LogP contribution in [0.2, 0.25) is 0 Å². The van der Waals surface area contributed by atoms with Crippen molar-refractivity contribution in [2.45, 2.75) is 67.8 Å². The van der Waals surface area contributed by atoms with E-state index in [9.17, 15) is 26.9 Å². The highest BCUT2D eigenvalue weighted by Gasteiger charge is 2.52. The highest BCUT2D eigenvalue weighted by Crippen LogP contribution is 2.50. The van der Waals surface area contributed by atoms with Crippen molar-refractivity contribution in [3.8, 4) is 6.07 Å². The number of likely N-dealkylation sites (tertiary alicyclic amines) is 1. The van der Waals surface area contributed by atoms with Crippen molar-refractivity contribution in [2.75, 3.05) is 25.1 Å². The molecule has 1 saturated heterocycles. The van der Waals surface area contributed by atoms with Crippen LogP contribution in [0, 0.1) is 22.7 Å². The summed E-state index contributed by atoms with van der Waals surface area (Å²) >= 11 is 0. The molecule has 3 atom stereocenters. The van der Waals surface area contributed by atoms with Crippen molar-refractivity contribution < 1.29 is 21.6 Å². The molecule has 1 saturated carbocycles. The van der Waals surface area contributed by atoms with Gasteiger partial charge in [0.1, 0.15) is 6.04 Å². The lowest BCUT2D eigenvalue weighted by Gasteiger charge is -2.42. The monoisotopic (exact) mass is 495 g/mol. The van der Waals surface area contributed by atoms with Crippen LogP contribution in [-0.4, -0.2) is 64.3 Å². The van der Waals surface area contributed by atoms with Gasteiger partial charge in [-0.05, 0) is 68.2 Å². The van der Waals surface area contributed by atoms with E-state index in [2.05, 4.69) is 11.4 Å². The lowest BCUT2D eigenvalue weighted by molar-refractivity contribution is -0.130. The van der Waals surface area contributed by atoms with Crippen molar-refractivity contribution in [1.82, 2.24) is 10.2 Å². The number of nitriles is 1. The van der Waals surface area contributed by atoms with Crippen LogP contribution in [0.25, 0.3) is 0 Å². The first-order valence-electron chi connectivity index (χ1n) is 11.2. The molecule has 0 unspecified atom stereocenters. The first-order chi connectivity index (χ1) is 15.2. The van der Waals surface area contributed by atoms with Gasteiger partial charge in [-0.25, -0.2) is 16.8 Å². The fourth-order valence-corrected chi connectivity index (χ4v) is 7.52. The third kappa shape index (κ3) is 5.10. The van der Waals surface area contributed by atoms with Crippen LogP contribution in [0.3, 0.4) is 0 Å². The predicted octanol–water partition coefficient (Wildman–Crippen LogP) is 2.16. The third-order valence-electron chi connectivity index (χ3n) is 7.82.